The first-order valence-corrected chi connectivity index (χ1v) is 16.8. The van der Waals surface area contributed by atoms with Gasteiger partial charge in [0.25, 0.3) is 0 Å². The molecule has 0 bridgehead atoms. The van der Waals surface area contributed by atoms with Crippen molar-refractivity contribution in [3.63, 3.8) is 0 Å². The Hall–Kier alpha value is 0.219. The molecule has 0 unspecified atom stereocenters. The van der Waals surface area contributed by atoms with E-state index in [4.69, 9.17) is 0 Å². The molecule has 0 aromatic carbocycles. The summed E-state index contributed by atoms with van der Waals surface area (Å²) in [6.45, 7) is 6.50. The van der Waals surface area contributed by atoms with Crippen LogP contribution in [-0.2, 0) is 6.18 Å². The molecule has 0 aliphatic carbocycles. The topological polar surface area (TPSA) is 12.9 Å². The molecule has 0 radical (unpaired) electrons. The standard InChI is InChI=1S/C4HF3NS.3C4H9.Sn/c5-4(6,7)3-1-9-2-8-3;3*1-3-4-2;/h1H;3*1,3-4H2,2H3;. The summed E-state index contributed by atoms with van der Waals surface area (Å²) in [7, 11) is 0. The van der Waals surface area contributed by atoms with E-state index in [1.165, 1.54) is 16.7 Å². The van der Waals surface area contributed by atoms with Gasteiger partial charge in [-0.25, -0.2) is 0 Å². The fourth-order valence-electron chi connectivity index (χ4n) is 2.89. The van der Waals surface area contributed by atoms with Crippen molar-refractivity contribution in [3.05, 3.63) is 11.1 Å². The molecule has 6 heteroatoms. The van der Waals surface area contributed by atoms with Crippen molar-refractivity contribution < 1.29 is 13.2 Å². The summed E-state index contributed by atoms with van der Waals surface area (Å²) in [4.78, 5) is 4.10. The van der Waals surface area contributed by atoms with Crippen LogP contribution >= 0.6 is 11.3 Å². The molecule has 0 spiro atoms. The molecule has 1 nitrogen and oxygen atoms in total. The number of hydrogen-bond acceptors (Lipinski definition) is 2. The Morgan fingerprint density at radius 2 is 1.41 bits per heavy atom. The van der Waals surface area contributed by atoms with E-state index in [2.05, 4.69) is 25.8 Å². The summed E-state index contributed by atoms with van der Waals surface area (Å²) in [6.07, 6.45) is 2.49. The number of halogens is 3. The second-order valence-corrected chi connectivity index (χ2v) is 21.0. The molecule has 1 aromatic rings. The van der Waals surface area contributed by atoms with Crippen molar-refractivity contribution in [3.8, 4) is 0 Å². The zero-order chi connectivity index (χ0) is 16.6. The molecule has 1 heterocycles. The van der Waals surface area contributed by atoms with E-state index in [1.807, 2.05) is 0 Å². The average Bonchev–Trinajstić information content (AvgIpc) is 2.97. The van der Waals surface area contributed by atoms with Crippen molar-refractivity contribution in [2.45, 2.75) is 78.8 Å². The molecule has 22 heavy (non-hydrogen) atoms. The fourth-order valence-corrected chi connectivity index (χ4v) is 22.2. The number of alkyl halides is 3. The van der Waals surface area contributed by atoms with Crippen molar-refractivity contribution in [1.29, 1.82) is 0 Å². The molecule has 0 saturated carbocycles. The Labute approximate surface area is 140 Å². The third-order valence-electron chi connectivity index (χ3n) is 4.27. The Bertz CT molecular complexity index is 409. The molecule has 1 rings (SSSR count). The first-order valence-electron chi connectivity index (χ1n) is 8.42. The second kappa shape index (κ2) is 9.50. The van der Waals surface area contributed by atoms with Gasteiger partial charge in [-0.05, 0) is 0 Å². The summed E-state index contributed by atoms with van der Waals surface area (Å²) in [6, 6.07) is 0. The number of thiazole rings is 1. The van der Waals surface area contributed by atoms with E-state index in [9.17, 15) is 13.2 Å². The van der Waals surface area contributed by atoms with Gasteiger partial charge < -0.3 is 0 Å². The number of unbranched alkanes of at least 4 members (excludes halogenated alkanes) is 3. The second-order valence-electron chi connectivity index (χ2n) is 6.13. The van der Waals surface area contributed by atoms with Crippen LogP contribution in [0.1, 0.15) is 65.0 Å². The van der Waals surface area contributed by atoms with Gasteiger partial charge in [-0.2, -0.15) is 0 Å². The van der Waals surface area contributed by atoms with Crippen LogP contribution in [0.15, 0.2) is 5.38 Å². The van der Waals surface area contributed by atoms with Crippen molar-refractivity contribution in [2.75, 3.05) is 0 Å². The molecular weight excluding hydrogens is 414 g/mol. The van der Waals surface area contributed by atoms with Crippen LogP contribution in [0.5, 0.6) is 0 Å². The summed E-state index contributed by atoms with van der Waals surface area (Å²) >= 11 is -1.47. The van der Waals surface area contributed by atoms with Crippen LogP contribution in [0.3, 0.4) is 0 Å². The van der Waals surface area contributed by atoms with Gasteiger partial charge in [0.1, 0.15) is 0 Å². The molecule has 0 aliphatic rings. The monoisotopic (exact) mass is 443 g/mol. The minimum absolute atomic E-state index is 0.668. The number of aromatic nitrogens is 1. The van der Waals surface area contributed by atoms with E-state index < -0.39 is 30.2 Å². The van der Waals surface area contributed by atoms with Gasteiger partial charge in [0.05, 0.1) is 0 Å². The molecule has 1 aromatic heterocycles. The zero-order valence-electron chi connectivity index (χ0n) is 13.9. The molecule has 0 aliphatic heterocycles. The quantitative estimate of drug-likeness (QED) is 0.393. The van der Waals surface area contributed by atoms with Gasteiger partial charge >= 0.3 is 141 Å². The molecule has 128 valence electrons. The van der Waals surface area contributed by atoms with Crippen LogP contribution in [0.25, 0.3) is 0 Å². The minimum atomic E-state index is -4.30. The zero-order valence-corrected chi connectivity index (χ0v) is 17.6. The Kier molecular flexibility index (Phi) is 8.75. The third-order valence-corrected chi connectivity index (χ3v) is 23.0. The van der Waals surface area contributed by atoms with Gasteiger partial charge in [-0.15, -0.1) is 0 Å². The van der Waals surface area contributed by atoms with Crippen molar-refractivity contribution >= 4 is 32.7 Å². The first kappa shape index (κ1) is 20.3. The normalized spacial score (nSPS) is 12.8. The molecule has 0 saturated heterocycles. The van der Waals surface area contributed by atoms with E-state index in [0.29, 0.717) is 0 Å². The van der Waals surface area contributed by atoms with E-state index in [-0.39, 0.29) is 0 Å². The summed E-state index contributed by atoms with van der Waals surface area (Å²) in [5, 5.41) is 1.24. The summed E-state index contributed by atoms with van der Waals surface area (Å²) < 4.78 is 43.1. The summed E-state index contributed by atoms with van der Waals surface area (Å²) in [5.74, 6) is 0. The van der Waals surface area contributed by atoms with Crippen LogP contribution in [0, 0.1) is 0 Å². The SMILES string of the molecule is CCC[CH2][Sn]([CH2]CCC)([CH2]CCC)[c]1nc(C(F)(F)F)cs1. The average molecular weight is 442 g/mol. The van der Waals surface area contributed by atoms with Crippen LogP contribution in [0.4, 0.5) is 13.2 Å². The van der Waals surface area contributed by atoms with Crippen molar-refractivity contribution in [2.24, 2.45) is 0 Å². The van der Waals surface area contributed by atoms with E-state index >= 15 is 0 Å². The number of rotatable bonds is 10. The predicted octanol–water partition coefficient (Wildman–Crippen LogP) is 6.22. The maximum absolute atomic E-state index is 12.9. The Balaban J connectivity index is 3.10. The fraction of sp³-hybridized carbons (Fsp3) is 0.812. The predicted molar refractivity (Wildman–Crippen MR) is 91.6 cm³/mol. The number of hydrogen-bond donors (Lipinski definition) is 0. The Morgan fingerprint density at radius 3 is 1.73 bits per heavy atom. The molecule has 0 fully saturated rings. The van der Waals surface area contributed by atoms with E-state index in [1.54, 1.807) is 0 Å². The molecule has 0 atom stereocenters. The number of nitrogens with zero attached hydrogens (tertiary/aromatic N) is 1. The van der Waals surface area contributed by atoms with Crippen molar-refractivity contribution in [1.82, 2.24) is 4.98 Å². The maximum atomic E-state index is 12.9. The van der Waals surface area contributed by atoms with Gasteiger partial charge in [0.15, 0.2) is 0 Å². The van der Waals surface area contributed by atoms with E-state index in [0.717, 1.165) is 54.9 Å². The molecule has 0 N–H and O–H groups in total. The van der Waals surface area contributed by atoms with Crippen LogP contribution in [-0.4, -0.2) is 23.4 Å². The summed E-state index contributed by atoms with van der Waals surface area (Å²) in [5.41, 5.74) is -0.668. The van der Waals surface area contributed by atoms with Crippen LogP contribution in [0.2, 0.25) is 13.3 Å². The Morgan fingerprint density at radius 1 is 0.955 bits per heavy atom. The first-order chi connectivity index (χ1) is 10.4. The molecule has 0 amide bonds. The van der Waals surface area contributed by atoms with Gasteiger partial charge in [-0.3, -0.25) is 0 Å². The van der Waals surface area contributed by atoms with Gasteiger partial charge in [-0.1, -0.05) is 0 Å². The third kappa shape index (κ3) is 5.69. The van der Waals surface area contributed by atoms with Crippen LogP contribution < -0.4 is 3.02 Å². The van der Waals surface area contributed by atoms with Gasteiger partial charge in [0.2, 0.25) is 0 Å². The van der Waals surface area contributed by atoms with Gasteiger partial charge in [0, 0.05) is 0 Å². The molecular formula is C16H28F3NSSn.